The molecule has 5 nitrogen and oxygen atoms in total. The minimum absolute atomic E-state index is 0.0353. The van der Waals surface area contributed by atoms with Gasteiger partial charge in [0, 0.05) is 29.7 Å². The first-order chi connectivity index (χ1) is 12.0. The van der Waals surface area contributed by atoms with Gasteiger partial charge in [0.1, 0.15) is 11.1 Å². The number of anilines is 1. The number of aromatic nitrogens is 1. The predicted octanol–water partition coefficient (Wildman–Crippen LogP) is 4.51. The average molecular weight is 381 g/mol. The second-order valence-corrected chi connectivity index (χ2v) is 6.67. The fourth-order valence-corrected chi connectivity index (χ4v) is 2.85. The summed E-state index contributed by atoms with van der Waals surface area (Å²) in [6.45, 7) is 3.23. The molecule has 0 atom stereocenters. The first-order valence-electron chi connectivity index (χ1n) is 8.00. The number of nitrogens with zero attached hydrogens (tertiary/aromatic N) is 1. The van der Waals surface area contributed by atoms with Crippen molar-refractivity contribution in [3.63, 3.8) is 0 Å². The van der Waals surface area contributed by atoms with E-state index in [0.717, 1.165) is 18.4 Å². The normalized spacial score (nSPS) is 15.0. The Hall–Kier alpha value is -1.82. The van der Waals surface area contributed by atoms with Crippen molar-refractivity contribution >= 4 is 34.8 Å². The number of carbonyl (C=O) groups excluding carboxylic acids is 1. The molecule has 1 aromatic heterocycles. The zero-order valence-electron chi connectivity index (χ0n) is 13.7. The monoisotopic (exact) mass is 380 g/mol. The molecule has 2 aromatic rings. The van der Waals surface area contributed by atoms with Gasteiger partial charge in [-0.05, 0) is 30.7 Å². The zero-order valence-corrected chi connectivity index (χ0v) is 15.2. The van der Waals surface area contributed by atoms with Gasteiger partial charge in [0.15, 0.2) is 0 Å². The maximum absolute atomic E-state index is 12.4. The van der Waals surface area contributed by atoms with Crippen LogP contribution in [0.25, 0.3) is 0 Å². The number of hydrogen-bond donors (Lipinski definition) is 1. The van der Waals surface area contributed by atoms with Crippen LogP contribution in [0.3, 0.4) is 0 Å². The highest BCUT2D eigenvalue weighted by Crippen LogP contribution is 2.26. The molecule has 7 heteroatoms. The van der Waals surface area contributed by atoms with Crippen molar-refractivity contribution in [2.45, 2.75) is 25.9 Å². The topological polar surface area (TPSA) is 60.5 Å². The molecule has 1 aromatic carbocycles. The molecule has 1 aliphatic heterocycles. The van der Waals surface area contributed by atoms with Crippen molar-refractivity contribution < 1.29 is 14.3 Å². The fraction of sp³-hybridized carbons (Fsp3) is 0.333. The summed E-state index contributed by atoms with van der Waals surface area (Å²) in [5.74, 6) is 0.0235. The van der Waals surface area contributed by atoms with Crippen LogP contribution in [0, 0.1) is 6.92 Å². The molecule has 2 heterocycles. The van der Waals surface area contributed by atoms with Crippen LogP contribution in [-0.2, 0) is 4.74 Å². The van der Waals surface area contributed by atoms with Crippen molar-refractivity contribution in [1.29, 1.82) is 0 Å². The van der Waals surface area contributed by atoms with Crippen LogP contribution in [0.5, 0.6) is 5.88 Å². The maximum Gasteiger partial charge on any atom is 0.257 e. The number of ether oxygens (including phenoxy) is 2. The molecule has 0 radical (unpaired) electrons. The van der Waals surface area contributed by atoms with Gasteiger partial charge < -0.3 is 14.8 Å². The quantitative estimate of drug-likeness (QED) is 0.847. The minimum Gasteiger partial charge on any atom is -0.473 e. The third kappa shape index (κ3) is 4.63. The molecule has 0 unspecified atom stereocenters. The highest BCUT2D eigenvalue weighted by Gasteiger charge is 2.18. The van der Waals surface area contributed by atoms with Crippen LogP contribution >= 0.6 is 23.2 Å². The van der Waals surface area contributed by atoms with E-state index >= 15 is 0 Å². The highest BCUT2D eigenvalue weighted by atomic mass is 35.5. The highest BCUT2D eigenvalue weighted by molar-refractivity contribution is 6.32. The van der Waals surface area contributed by atoms with E-state index < -0.39 is 0 Å². The molecular weight excluding hydrogens is 363 g/mol. The zero-order chi connectivity index (χ0) is 17.8. The molecule has 1 saturated heterocycles. The van der Waals surface area contributed by atoms with E-state index in [2.05, 4.69) is 10.3 Å². The number of benzene rings is 1. The van der Waals surface area contributed by atoms with Crippen molar-refractivity contribution in [2.24, 2.45) is 0 Å². The van der Waals surface area contributed by atoms with E-state index in [0.29, 0.717) is 40.4 Å². The Morgan fingerprint density at radius 3 is 2.68 bits per heavy atom. The number of carbonyl (C=O) groups is 1. The second kappa shape index (κ2) is 8.04. The maximum atomic E-state index is 12.4. The Kier molecular flexibility index (Phi) is 5.78. The largest absolute Gasteiger partial charge is 0.473 e. The molecule has 0 spiro atoms. The molecule has 1 aliphatic rings. The van der Waals surface area contributed by atoms with E-state index in [1.807, 2.05) is 13.0 Å². The fourth-order valence-electron chi connectivity index (χ4n) is 2.46. The number of halogens is 2. The van der Waals surface area contributed by atoms with Crippen molar-refractivity contribution in [1.82, 2.24) is 4.98 Å². The summed E-state index contributed by atoms with van der Waals surface area (Å²) in [5.41, 5.74) is 1.90. The first-order valence-corrected chi connectivity index (χ1v) is 8.76. The van der Waals surface area contributed by atoms with Gasteiger partial charge in [-0.25, -0.2) is 4.98 Å². The van der Waals surface area contributed by atoms with Crippen LogP contribution in [-0.4, -0.2) is 30.2 Å². The molecule has 132 valence electrons. The smallest absolute Gasteiger partial charge is 0.257 e. The molecule has 1 fully saturated rings. The number of aryl methyl sites for hydroxylation is 1. The predicted molar refractivity (Wildman–Crippen MR) is 97.9 cm³/mol. The summed E-state index contributed by atoms with van der Waals surface area (Å²) in [6.07, 6.45) is 3.09. The summed E-state index contributed by atoms with van der Waals surface area (Å²) in [6, 6.07) is 6.88. The van der Waals surface area contributed by atoms with Crippen molar-refractivity contribution in [3.05, 3.63) is 51.6 Å². The van der Waals surface area contributed by atoms with Crippen LogP contribution in [0.1, 0.15) is 28.8 Å². The minimum atomic E-state index is -0.313. The van der Waals surface area contributed by atoms with Crippen molar-refractivity contribution in [2.75, 3.05) is 18.5 Å². The SMILES string of the molecule is Cc1ccc(NC(=O)c2cnc(OC3CCOCC3)c(Cl)c2)cc1Cl. The summed E-state index contributed by atoms with van der Waals surface area (Å²) in [7, 11) is 0. The van der Waals surface area contributed by atoms with Crippen LogP contribution in [0.15, 0.2) is 30.5 Å². The Morgan fingerprint density at radius 1 is 1.24 bits per heavy atom. The summed E-state index contributed by atoms with van der Waals surface area (Å²) >= 11 is 12.3. The summed E-state index contributed by atoms with van der Waals surface area (Å²) in [5, 5.41) is 3.67. The second-order valence-electron chi connectivity index (χ2n) is 5.86. The van der Waals surface area contributed by atoms with E-state index in [4.69, 9.17) is 32.7 Å². The number of hydrogen-bond acceptors (Lipinski definition) is 4. The van der Waals surface area contributed by atoms with Gasteiger partial charge in [0.05, 0.1) is 18.8 Å². The number of rotatable bonds is 4. The lowest BCUT2D eigenvalue weighted by molar-refractivity contribution is 0.0238. The summed E-state index contributed by atoms with van der Waals surface area (Å²) < 4.78 is 11.1. The van der Waals surface area contributed by atoms with Gasteiger partial charge >= 0.3 is 0 Å². The molecule has 0 bridgehead atoms. The lowest BCUT2D eigenvalue weighted by atomic mass is 10.1. The standard InChI is InChI=1S/C18H18Cl2N2O3/c1-11-2-3-13(9-15(11)19)22-17(23)12-8-16(20)18(21-10-12)25-14-4-6-24-7-5-14/h2-3,8-10,14H,4-7H2,1H3,(H,22,23). The lowest BCUT2D eigenvalue weighted by Crippen LogP contribution is -2.26. The van der Waals surface area contributed by atoms with Crippen molar-refractivity contribution in [3.8, 4) is 5.88 Å². The molecule has 0 saturated carbocycles. The Bertz CT molecular complexity index is 777. The van der Waals surface area contributed by atoms with Gasteiger partial charge in [-0.15, -0.1) is 0 Å². The van der Waals surface area contributed by atoms with Gasteiger partial charge in [-0.2, -0.15) is 0 Å². The van der Waals surface area contributed by atoms with E-state index in [-0.39, 0.29) is 12.0 Å². The molecule has 1 N–H and O–H groups in total. The molecule has 0 aliphatic carbocycles. The van der Waals surface area contributed by atoms with Gasteiger partial charge in [-0.3, -0.25) is 4.79 Å². The molecule has 3 rings (SSSR count). The Morgan fingerprint density at radius 2 is 2.00 bits per heavy atom. The van der Waals surface area contributed by atoms with Crippen LogP contribution in [0.2, 0.25) is 10.0 Å². The van der Waals surface area contributed by atoms with Gasteiger partial charge in [0.2, 0.25) is 5.88 Å². The Balaban J connectivity index is 1.68. The van der Waals surface area contributed by atoms with Crippen LogP contribution < -0.4 is 10.1 Å². The third-order valence-corrected chi connectivity index (χ3v) is 4.62. The van der Waals surface area contributed by atoms with Crippen LogP contribution in [0.4, 0.5) is 5.69 Å². The van der Waals surface area contributed by atoms with E-state index in [1.54, 1.807) is 18.2 Å². The first kappa shape index (κ1) is 18.0. The summed E-state index contributed by atoms with van der Waals surface area (Å²) in [4.78, 5) is 16.5. The number of amides is 1. The van der Waals surface area contributed by atoms with E-state index in [9.17, 15) is 4.79 Å². The number of nitrogens with one attached hydrogen (secondary N) is 1. The van der Waals surface area contributed by atoms with E-state index in [1.165, 1.54) is 6.20 Å². The lowest BCUT2D eigenvalue weighted by Gasteiger charge is -2.23. The third-order valence-electron chi connectivity index (χ3n) is 3.95. The number of pyridine rings is 1. The molecule has 1 amide bonds. The molecule has 25 heavy (non-hydrogen) atoms. The van der Waals surface area contributed by atoms with Gasteiger partial charge in [-0.1, -0.05) is 29.3 Å². The van der Waals surface area contributed by atoms with Gasteiger partial charge in [0.25, 0.3) is 5.91 Å². The average Bonchev–Trinajstić information content (AvgIpc) is 2.61. The Labute approximate surface area is 156 Å². The molecular formula is C18H18Cl2N2O3.